The van der Waals surface area contributed by atoms with Crippen molar-refractivity contribution in [2.24, 2.45) is 5.92 Å². The molecule has 0 bridgehead atoms. The van der Waals surface area contributed by atoms with Crippen LogP contribution in [0.3, 0.4) is 0 Å². The van der Waals surface area contributed by atoms with Crippen molar-refractivity contribution >= 4 is 17.4 Å². The number of nitrogens with zero attached hydrogens (tertiary/aromatic N) is 5. The molecule has 1 unspecified atom stereocenters. The van der Waals surface area contributed by atoms with Gasteiger partial charge in [-0.3, -0.25) is 4.79 Å². The topological polar surface area (TPSA) is 105 Å². The maximum absolute atomic E-state index is 14.2. The van der Waals surface area contributed by atoms with Gasteiger partial charge in [-0.2, -0.15) is 18.2 Å². The van der Waals surface area contributed by atoms with Crippen molar-refractivity contribution in [1.29, 1.82) is 0 Å². The number of amides is 1. The van der Waals surface area contributed by atoms with E-state index in [-0.39, 0.29) is 47.2 Å². The second kappa shape index (κ2) is 8.43. The molecule has 1 saturated carbocycles. The number of benzene rings is 1. The van der Waals surface area contributed by atoms with E-state index in [0.29, 0.717) is 24.2 Å². The molecule has 1 aliphatic carbocycles. The first kappa shape index (κ1) is 24.2. The number of carbonyl (C=O) groups excluding carboxylic acids is 1. The summed E-state index contributed by atoms with van der Waals surface area (Å²) in [7, 11) is 0. The van der Waals surface area contributed by atoms with E-state index >= 15 is 0 Å². The molecule has 6 rings (SSSR count). The fourth-order valence-corrected chi connectivity index (χ4v) is 5.22. The zero-order valence-electron chi connectivity index (χ0n) is 19.6. The maximum atomic E-state index is 14.2. The molecule has 1 fully saturated rings. The zero-order valence-corrected chi connectivity index (χ0v) is 19.6. The van der Waals surface area contributed by atoms with Gasteiger partial charge in [-0.05, 0) is 49.3 Å². The van der Waals surface area contributed by atoms with Gasteiger partial charge in [-0.25, -0.2) is 23.7 Å². The van der Waals surface area contributed by atoms with Crippen LogP contribution >= 0.6 is 0 Å². The predicted molar refractivity (Wildman–Crippen MR) is 123 cm³/mol. The smallest absolute Gasteiger partial charge is 0.389 e. The first-order valence-electron chi connectivity index (χ1n) is 11.9. The molecule has 4 aromatic rings. The van der Waals surface area contributed by atoms with Crippen LogP contribution in [0.15, 0.2) is 36.8 Å². The number of fused-ring (bicyclic) bond motifs is 2. The van der Waals surface area contributed by atoms with E-state index < -0.39 is 41.4 Å². The van der Waals surface area contributed by atoms with Crippen molar-refractivity contribution in [1.82, 2.24) is 24.3 Å². The molecule has 0 spiro atoms. The normalized spacial score (nSPS) is 19.1. The van der Waals surface area contributed by atoms with E-state index in [0.717, 1.165) is 12.1 Å². The van der Waals surface area contributed by atoms with E-state index in [1.54, 1.807) is 10.6 Å². The molecule has 0 radical (unpaired) electrons. The van der Waals surface area contributed by atoms with Gasteiger partial charge >= 0.3 is 6.18 Å². The van der Waals surface area contributed by atoms with E-state index in [1.165, 1.54) is 18.5 Å². The first-order chi connectivity index (χ1) is 18.1. The number of aryl methyl sites for hydroxylation is 1. The van der Waals surface area contributed by atoms with Crippen LogP contribution in [0.2, 0.25) is 0 Å². The summed E-state index contributed by atoms with van der Waals surface area (Å²) in [4.78, 5) is 30.6. The van der Waals surface area contributed by atoms with Crippen LogP contribution in [-0.4, -0.2) is 41.5 Å². The zero-order chi connectivity index (χ0) is 26.8. The van der Waals surface area contributed by atoms with Gasteiger partial charge in [-0.15, -0.1) is 0 Å². The summed E-state index contributed by atoms with van der Waals surface area (Å²) in [5.41, 5.74) is -0.460. The fourth-order valence-electron chi connectivity index (χ4n) is 5.22. The lowest BCUT2D eigenvalue weighted by atomic mass is 9.72. The molecule has 1 aromatic carbocycles. The van der Waals surface area contributed by atoms with Gasteiger partial charge in [0.05, 0.1) is 11.3 Å². The first-order valence-corrected chi connectivity index (χ1v) is 11.9. The number of hydrogen-bond acceptors (Lipinski definition) is 6. The molecule has 2 N–H and O–H groups in total. The number of halogens is 5. The standard InChI is InChI=1S/C25H19F5N6O2/c26-14-6-5-13(10-15(14)27)25(12-3-4-12)18-20(35-23(25)38)33-19(34-22(18)37)17-11-36-9-8-31-21(36)16(32-17)2-1-7-24(28,29)30/h5-6,8-12H,1-4,7H2,(H2,33,34,35,37,38). The third-order valence-electron chi connectivity index (χ3n) is 6.99. The Morgan fingerprint density at radius 3 is 2.63 bits per heavy atom. The van der Waals surface area contributed by atoms with Crippen molar-refractivity contribution in [2.45, 2.75) is 43.7 Å². The van der Waals surface area contributed by atoms with E-state index in [4.69, 9.17) is 0 Å². The third-order valence-corrected chi connectivity index (χ3v) is 6.99. The van der Waals surface area contributed by atoms with Crippen LogP contribution in [0.4, 0.5) is 27.8 Å². The highest BCUT2D eigenvalue weighted by molar-refractivity contribution is 6.09. The average Bonchev–Trinajstić information content (AvgIpc) is 3.50. The number of aromatic nitrogens is 5. The van der Waals surface area contributed by atoms with E-state index in [1.807, 2.05) is 0 Å². The lowest BCUT2D eigenvalue weighted by Gasteiger charge is -2.28. The Kier molecular flexibility index (Phi) is 5.37. The quantitative estimate of drug-likeness (QED) is 0.350. The highest BCUT2D eigenvalue weighted by Gasteiger charge is 2.60. The lowest BCUT2D eigenvalue weighted by Crippen LogP contribution is -2.38. The molecule has 3 aromatic heterocycles. The molecule has 196 valence electrons. The van der Waals surface area contributed by atoms with Crippen molar-refractivity contribution in [3.05, 3.63) is 65.2 Å². The Balaban J connectivity index is 1.44. The number of alkyl halides is 3. The Morgan fingerprint density at radius 1 is 1.13 bits per heavy atom. The van der Waals surface area contributed by atoms with Crippen molar-refractivity contribution < 1.29 is 31.9 Å². The number of imidazole rings is 1. The van der Waals surface area contributed by atoms with Crippen LogP contribution in [0.5, 0.6) is 5.88 Å². The monoisotopic (exact) mass is 530 g/mol. The molecule has 0 saturated heterocycles. The Bertz CT molecular complexity index is 1600. The molecule has 13 heteroatoms. The summed E-state index contributed by atoms with van der Waals surface area (Å²) < 4.78 is 67.5. The largest absolute Gasteiger partial charge is 0.493 e. The molecule has 38 heavy (non-hydrogen) atoms. The fraction of sp³-hybridized carbons (Fsp3) is 0.320. The molecule has 1 aliphatic heterocycles. The third kappa shape index (κ3) is 3.84. The van der Waals surface area contributed by atoms with Gasteiger partial charge in [0.2, 0.25) is 11.8 Å². The molecular weight excluding hydrogens is 511 g/mol. The number of rotatable bonds is 6. The molecular formula is C25H19F5N6O2. The molecule has 1 atom stereocenters. The van der Waals surface area contributed by atoms with Crippen LogP contribution < -0.4 is 5.32 Å². The highest BCUT2D eigenvalue weighted by atomic mass is 19.4. The molecule has 4 heterocycles. The highest BCUT2D eigenvalue weighted by Crippen LogP contribution is 2.58. The SMILES string of the molecule is O=C1Nc2nc(-c3cn4ccnc4c(CCCC(F)(F)F)n3)nc(O)c2C1(c1ccc(F)c(F)c1)C1CC1. The summed E-state index contributed by atoms with van der Waals surface area (Å²) >= 11 is 0. The minimum absolute atomic E-state index is 0.000262. The predicted octanol–water partition coefficient (Wildman–Crippen LogP) is 4.70. The summed E-state index contributed by atoms with van der Waals surface area (Å²) in [6.07, 6.45) is 0.303. The van der Waals surface area contributed by atoms with Gasteiger partial charge in [0.15, 0.2) is 23.1 Å². The minimum atomic E-state index is -4.31. The summed E-state index contributed by atoms with van der Waals surface area (Å²) in [6.45, 7) is 0. The van der Waals surface area contributed by atoms with Crippen LogP contribution in [0, 0.1) is 17.6 Å². The minimum Gasteiger partial charge on any atom is -0.493 e. The van der Waals surface area contributed by atoms with Crippen LogP contribution in [0.1, 0.15) is 42.5 Å². The van der Waals surface area contributed by atoms with Gasteiger partial charge in [-0.1, -0.05) is 6.07 Å². The lowest BCUT2D eigenvalue weighted by molar-refractivity contribution is -0.135. The number of carbonyl (C=O) groups is 1. The number of nitrogens with one attached hydrogen (secondary N) is 1. The number of aromatic hydroxyl groups is 1. The molecule has 1 amide bonds. The average molecular weight is 530 g/mol. The second-order valence-corrected chi connectivity index (χ2v) is 9.46. The Morgan fingerprint density at radius 2 is 1.92 bits per heavy atom. The summed E-state index contributed by atoms with van der Waals surface area (Å²) in [6, 6.07) is 3.18. The van der Waals surface area contributed by atoms with E-state index in [9.17, 15) is 31.9 Å². The van der Waals surface area contributed by atoms with Crippen LogP contribution in [0.25, 0.3) is 17.2 Å². The number of anilines is 1. The van der Waals surface area contributed by atoms with Crippen molar-refractivity contribution in [3.63, 3.8) is 0 Å². The van der Waals surface area contributed by atoms with Crippen molar-refractivity contribution in [3.8, 4) is 17.4 Å². The Hall–Kier alpha value is -4.16. The van der Waals surface area contributed by atoms with Crippen molar-refractivity contribution in [2.75, 3.05) is 5.32 Å². The molecule has 8 nitrogen and oxygen atoms in total. The molecule has 2 aliphatic rings. The Labute approximate surface area is 211 Å². The van der Waals surface area contributed by atoms with Gasteiger partial charge in [0.25, 0.3) is 0 Å². The second-order valence-electron chi connectivity index (χ2n) is 9.46. The van der Waals surface area contributed by atoms with E-state index in [2.05, 4.69) is 25.3 Å². The summed E-state index contributed by atoms with van der Waals surface area (Å²) in [5.74, 6) is -3.64. The van der Waals surface area contributed by atoms with Gasteiger partial charge < -0.3 is 14.8 Å². The maximum Gasteiger partial charge on any atom is 0.389 e. The summed E-state index contributed by atoms with van der Waals surface area (Å²) in [5, 5.41) is 13.7. The van der Waals surface area contributed by atoms with Gasteiger partial charge in [0.1, 0.15) is 16.9 Å². The van der Waals surface area contributed by atoms with Crippen LogP contribution in [-0.2, 0) is 16.6 Å². The number of hydrogen-bond donors (Lipinski definition) is 2. The van der Waals surface area contributed by atoms with Gasteiger partial charge in [0, 0.05) is 25.0 Å².